The van der Waals surface area contributed by atoms with Gasteiger partial charge in [0, 0.05) is 6.92 Å². The SMILES string of the molecule is CC(=O)O.CCOC(=O)CC(O)(CC(=O)OCC)C(=O)OCC. The van der Waals surface area contributed by atoms with Crippen LogP contribution in [0.4, 0.5) is 0 Å². The molecule has 0 aromatic heterocycles. The molecule has 0 rings (SSSR count). The second-order valence-electron chi connectivity index (χ2n) is 4.23. The van der Waals surface area contributed by atoms with Crippen molar-refractivity contribution in [1.29, 1.82) is 0 Å². The lowest BCUT2D eigenvalue weighted by Crippen LogP contribution is -2.44. The number of aliphatic hydroxyl groups is 1. The van der Waals surface area contributed by atoms with Crippen molar-refractivity contribution in [3.8, 4) is 0 Å². The molecule has 0 aromatic carbocycles. The van der Waals surface area contributed by atoms with Crippen molar-refractivity contribution < 1.29 is 43.6 Å². The lowest BCUT2D eigenvalue weighted by Gasteiger charge is -2.23. The summed E-state index contributed by atoms with van der Waals surface area (Å²) in [5, 5.41) is 17.5. The van der Waals surface area contributed by atoms with Gasteiger partial charge in [-0.05, 0) is 20.8 Å². The van der Waals surface area contributed by atoms with E-state index in [1.807, 2.05) is 0 Å². The third kappa shape index (κ3) is 12.1. The molecule has 23 heavy (non-hydrogen) atoms. The molecule has 0 fully saturated rings. The number of carbonyl (C=O) groups is 4. The van der Waals surface area contributed by atoms with E-state index in [4.69, 9.17) is 9.90 Å². The minimum Gasteiger partial charge on any atom is -0.481 e. The summed E-state index contributed by atoms with van der Waals surface area (Å²) in [6, 6.07) is 0. The fourth-order valence-electron chi connectivity index (χ4n) is 1.37. The van der Waals surface area contributed by atoms with Gasteiger partial charge in [0.15, 0.2) is 5.60 Å². The highest BCUT2D eigenvalue weighted by atomic mass is 16.6. The van der Waals surface area contributed by atoms with Gasteiger partial charge in [-0.3, -0.25) is 14.4 Å². The topological polar surface area (TPSA) is 136 Å². The highest BCUT2D eigenvalue weighted by Gasteiger charge is 2.43. The van der Waals surface area contributed by atoms with Gasteiger partial charge in [0.1, 0.15) is 0 Å². The maximum absolute atomic E-state index is 11.7. The lowest BCUT2D eigenvalue weighted by molar-refractivity contribution is -0.177. The van der Waals surface area contributed by atoms with Gasteiger partial charge >= 0.3 is 17.9 Å². The maximum atomic E-state index is 11.7. The zero-order chi connectivity index (χ0) is 18.5. The fraction of sp³-hybridized carbons (Fsp3) is 0.714. The average Bonchev–Trinajstić information content (AvgIpc) is 2.38. The summed E-state index contributed by atoms with van der Waals surface area (Å²) in [7, 11) is 0. The van der Waals surface area contributed by atoms with Gasteiger partial charge in [0.25, 0.3) is 5.97 Å². The monoisotopic (exact) mass is 336 g/mol. The molecule has 134 valence electrons. The highest BCUT2D eigenvalue weighted by Crippen LogP contribution is 2.19. The first-order valence-corrected chi connectivity index (χ1v) is 7.03. The largest absolute Gasteiger partial charge is 0.481 e. The van der Waals surface area contributed by atoms with Crippen LogP contribution in [0, 0.1) is 0 Å². The first kappa shape index (κ1) is 23.1. The minimum atomic E-state index is -2.26. The van der Waals surface area contributed by atoms with E-state index in [9.17, 15) is 19.5 Å². The van der Waals surface area contributed by atoms with E-state index in [1.54, 1.807) is 20.8 Å². The molecule has 9 heteroatoms. The third-order valence-corrected chi connectivity index (χ3v) is 2.14. The van der Waals surface area contributed by atoms with Crippen molar-refractivity contribution in [3.63, 3.8) is 0 Å². The Hall–Kier alpha value is -2.16. The number of rotatable bonds is 8. The van der Waals surface area contributed by atoms with Crippen LogP contribution in [-0.2, 0) is 33.4 Å². The van der Waals surface area contributed by atoms with E-state index in [0.29, 0.717) is 0 Å². The zero-order valence-corrected chi connectivity index (χ0v) is 13.8. The number of carbonyl (C=O) groups excluding carboxylic acids is 3. The number of esters is 3. The van der Waals surface area contributed by atoms with Gasteiger partial charge in [0.2, 0.25) is 0 Å². The Kier molecular flexibility index (Phi) is 12.5. The molecule has 0 aromatic rings. The Bertz CT molecular complexity index is 379. The van der Waals surface area contributed by atoms with E-state index >= 15 is 0 Å². The van der Waals surface area contributed by atoms with Crippen LogP contribution < -0.4 is 0 Å². The van der Waals surface area contributed by atoms with Gasteiger partial charge in [-0.1, -0.05) is 0 Å². The molecule has 0 unspecified atom stereocenters. The molecule has 0 bridgehead atoms. The Labute approximate surface area is 134 Å². The first-order valence-electron chi connectivity index (χ1n) is 7.03. The molecule has 0 spiro atoms. The molecular weight excluding hydrogens is 312 g/mol. The van der Waals surface area contributed by atoms with E-state index in [-0.39, 0.29) is 19.8 Å². The minimum absolute atomic E-state index is 0.0206. The van der Waals surface area contributed by atoms with Gasteiger partial charge in [-0.2, -0.15) is 0 Å². The van der Waals surface area contributed by atoms with Crippen molar-refractivity contribution in [2.45, 2.75) is 46.1 Å². The van der Waals surface area contributed by atoms with Gasteiger partial charge < -0.3 is 24.4 Å². The number of aliphatic carboxylic acids is 1. The smallest absolute Gasteiger partial charge is 0.339 e. The Balaban J connectivity index is 0. The molecule has 0 saturated carbocycles. The van der Waals surface area contributed by atoms with Crippen molar-refractivity contribution in [1.82, 2.24) is 0 Å². The highest BCUT2D eigenvalue weighted by molar-refractivity contribution is 5.90. The molecule has 0 aliphatic heterocycles. The summed E-state index contributed by atoms with van der Waals surface area (Å²) in [5.41, 5.74) is -2.26. The Morgan fingerprint density at radius 1 is 0.826 bits per heavy atom. The number of hydrogen-bond donors (Lipinski definition) is 2. The average molecular weight is 336 g/mol. The van der Waals surface area contributed by atoms with Crippen LogP contribution in [0.25, 0.3) is 0 Å². The predicted octanol–water partition coefficient (Wildman–Crippen LogP) is 0.278. The van der Waals surface area contributed by atoms with Crippen molar-refractivity contribution in [2.24, 2.45) is 0 Å². The summed E-state index contributed by atoms with van der Waals surface area (Å²) < 4.78 is 14.0. The number of ether oxygens (including phenoxy) is 3. The van der Waals surface area contributed by atoms with Crippen LogP contribution in [0.1, 0.15) is 40.5 Å². The molecule has 0 aliphatic carbocycles. The molecule has 0 saturated heterocycles. The van der Waals surface area contributed by atoms with Crippen molar-refractivity contribution >= 4 is 23.9 Å². The molecule has 0 aliphatic rings. The summed E-state index contributed by atoms with van der Waals surface area (Å²) in [6.45, 7) is 6.05. The summed E-state index contributed by atoms with van der Waals surface area (Å²) >= 11 is 0. The van der Waals surface area contributed by atoms with E-state index in [2.05, 4.69) is 14.2 Å². The lowest BCUT2D eigenvalue weighted by atomic mass is 9.95. The zero-order valence-electron chi connectivity index (χ0n) is 13.8. The fourth-order valence-corrected chi connectivity index (χ4v) is 1.37. The molecule has 0 atom stereocenters. The van der Waals surface area contributed by atoms with Crippen LogP contribution in [-0.4, -0.2) is 59.5 Å². The summed E-state index contributed by atoms with van der Waals surface area (Å²) in [4.78, 5) is 43.4. The van der Waals surface area contributed by atoms with Crippen molar-refractivity contribution in [3.05, 3.63) is 0 Å². The Morgan fingerprint density at radius 3 is 1.39 bits per heavy atom. The van der Waals surface area contributed by atoms with Gasteiger partial charge in [-0.15, -0.1) is 0 Å². The maximum Gasteiger partial charge on any atom is 0.339 e. The second-order valence-corrected chi connectivity index (χ2v) is 4.23. The number of carboxylic acid groups (broad SMARTS) is 1. The van der Waals surface area contributed by atoms with Crippen LogP contribution in [0.5, 0.6) is 0 Å². The quantitative estimate of drug-likeness (QED) is 0.473. The predicted molar refractivity (Wildman–Crippen MR) is 77.4 cm³/mol. The van der Waals surface area contributed by atoms with Crippen molar-refractivity contribution in [2.75, 3.05) is 19.8 Å². The van der Waals surface area contributed by atoms with E-state index < -0.39 is 42.3 Å². The summed E-state index contributed by atoms with van der Waals surface area (Å²) in [6.07, 6.45) is -1.31. The second kappa shape index (κ2) is 12.4. The summed E-state index contributed by atoms with van der Waals surface area (Å²) in [5.74, 6) is -3.46. The van der Waals surface area contributed by atoms with Crippen LogP contribution >= 0.6 is 0 Å². The molecule has 0 radical (unpaired) electrons. The Morgan fingerprint density at radius 2 is 1.13 bits per heavy atom. The van der Waals surface area contributed by atoms with Crippen LogP contribution in [0.15, 0.2) is 0 Å². The van der Waals surface area contributed by atoms with Gasteiger partial charge in [0.05, 0.1) is 32.7 Å². The van der Waals surface area contributed by atoms with Gasteiger partial charge in [-0.25, -0.2) is 4.79 Å². The van der Waals surface area contributed by atoms with E-state index in [0.717, 1.165) is 6.92 Å². The van der Waals surface area contributed by atoms with Crippen LogP contribution in [0.2, 0.25) is 0 Å². The molecule has 9 nitrogen and oxygen atoms in total. The molecular formula is C14H24O9. The molecule has 2 N–H and O–H groups in total. The normalized spacial score (nSPS) is 9.96. The molecule has 0 heterocycles. The number of hydrogen-bond acceptors (Lipinski definition) is 8. The standard InChI is InChI=1S/C12H20O7.C2H4O2/c1-4-17-9(13)7-12(16,11(15)19-6-3)8-10(14)18-5-2;1-2(3)4/h16H,4-8H2,1-3H3;1H3,(H,3,4). The third-order valence-electron chi connectivity index (χ3n) is 2.14. The van der Waals surface area contributed by atoms with Crippen LogP contribution in [0.3, 0.4) is 0 Å². The van der Waals surface area contributed by atoms with E-state index in [1.165, 1.54) is 0 Å². The number of carboxylic acids is 1. The molecule has 0 amide bonds. The first-order chi connectivity index (χ1) is 10.6.